The molecular formula is C15H25N3O2S. The van der Waals surface area contributed by atoms with E-state index in [2.05, 4.69) is 25.9 Å². The second kappa shape index (κ2) is 5.57. The Balaban J connectivity index is 2.21. The zero-order chi connectivity index (χ0) is 15.8. The fourth-order valence-corrected chi connectivity index (χ4v) is 3.93. The van der Waals surface area contributed by atoms with Gasteiger partial charge in [-0.05, 0) is 40.8 Å². The highest BCUT2D eigenvalue weighted by Gasteiger charge is 2.43. The average Bonchev–Trinajstić information content (AvgIpc) is 2.89. The maximum Gasteiger partial charge on any atom is 0.405 e. The lowest BCUT2D eigenvalue weighted by Gasteiger charge is -2.22. The van der Waals surface area contributed by atoms with Crippen molar-refractivity contribution in [2.24, 2.45) is 5.73 Å². The highest BCUT2D eigenvalue weighted by Crippen LogP contribution is 2.51. The molecule has 0 unspecified atom stereocenters. The maximum atomic E-state index is 11.0. The van der Waals surface area contributed by atoms with Gasteiger partial charge in [-0.2, -0.15) is 0 Å². The van der Waals surface area contributed by atoms with Gasteiger partial charge in [-0.25, -0.2) is 9.78 Å². The molecule has 1 heterocycles. The summed E-state index contributed by atoms with van der Waals surface area (Å²) >= 11 is 1.75. The van der Waals surface area contributed by atoms with Crippen molar-refractivity contribution in [1.29, 1.82) is 0 Å². The minimum absolute atomic E-state index is 0.302. The molecule has 2 N–H and O–H groups in total. The van der Waals surface area contributed by atoms with Gasteiger partial charge in [0.15, 0.2) is 0 Å². The summed E-state index contributed by atoms with van der Waals surface area (Å²) in [6.07, 6.45) is 2.32. The molecule has 5 nitrogen and oxygen atoms in total. The summed E-state index contributed by atoms with van der Waals surface area (Å²) in [4.78, 5) is 19.3. The predicted octanol–water partition coefficient (Wildman–Crippen LogP) is 2.67. The minimum Gasteiger partial charge on any atom is -0.443 e. The van der Waals surface area contributed by atoms with Gasteiger partial charge in [-0.1, -0.05) is 6.92 Å². The second-order valence-electron chi connectivity index (χ2n) is 7.04. The highest BCUT2D eigenvalue weighted by atomic mass is 32.1. The SMILES string of the molecule is CN(C)Cc1nc(CC(C)(C)OC(N)=O)sc1C1(C)CC1. The molecule has 118 valence electrons. The van der Waals surface area contributed by atoms with Gasteiger partial charge in [0.2, 0.25) is 0 Å². The summed E-state index contributed by atoms with van der Waals surface area (Å²) in [5, 5.41) is 1.02. The number of thiazole rings is 1. The van der Waals surface area contributed by atoms with Crippen molar-refractivity contribution < 1.29 is 9.53 Å². The third kappa shape index (κ3) is 4.17. The molecule has 1 aromatic heterocycles. The van der Waals surface area contributed by atoms with Gasteiger partial charge in [0, 0.05) is 23.3 Å². The third-order valence-electron chi connectivity index (χ3n) is 3.71. The van der Waals surface area contributed by atoms with Crippen LogP contribution in [-0.2, 0) is 23.1 Å². The maximum absolute atomic E-state index is 11.0. The van der Waals surface area contributed by atoms with Crippen LogP contribution in [0.2, 0.25) is 0 Å². The van der Waals surface area contributed by atoms with Gasteiger partial charge < -0.3 is 15.4 Å². The van der Waals surface area contributed by atoms with E-state index in [0.29, 0.717) is 11.8 Å². The van der Waals surface area contributed by atoms with Crippen LogP contribution in [0, 0.1) is 0 Å². The molecular weight excluding hydrogens is 286 g/mol. The predicted molar refractivity (Wildman–Crippen MR) is 84.5 cm³/mol. The first-order valence-corrected chi connectivity index (χ1v) is 8.05. The first kappa shape index (κ1) is 16.2. The molecule has 6 heteroatoms. The van der Waals surface area contributed by atoms with Crippen molar-refractivity contribution in [2.75, 3.05) is 14.1 Å². The Kier molecular flexibility index (Phi) is 4.31. The molecule has 1 aliphatic rings. The summed E-state index contributed by atoms with van der Waals surface area (Å²) in [5.41, 5.74) is 5.97. The summed E-state index contributed by atoms with van der Waals surface area (Å²) < 4.78 is 5.17. The molecule has 0 atom stereocenters. The van der Waals surface area contributed by atoms with Crippen LogP contribution >= 0.6 is 11.3 Å². The summed E-state index contributed by atoms with van der Waals surface area (Å²) in [6, 6.07) is 0. The zero-order valence-corrected chi connectivity index (χ0v) is 14.3. The molecule has 1 saturated carbocycles. The van der Waals surface area contributed by atoms with E-state index in [0.717, 1.165) is 17.2 Å². The summed E-state index contributed by atoms with van der Waals surface area (Å²) in [5.74, 6) is 0. The van der Waals surface area contributed by atoms with E-state index in [9.17, 15) is 4.79 Å². The van der Waals surface area contributed by atoms with Crippen molar-refractivity contribution in [3.63, 3.8) is 0 Å². The molecule has 21 heavy (non-hydrogen) atoms. The zero-order valence-electron chi connectivity index (χ0n) is 13.5. The Morgan fingerprint density at radius 2 is 2.10 bits per heavy atom. The number of rotatable bonds is 6. The molecule has 0 spiro atoms. The van der Waals surface area contributed by atoms with Crippen molar-refractivity contribution in [1.82, 2.24) is 9.88 Å². The molecule has 0 bridgehead atoms. The smallest absolute Gasteiger partial charge is 0.405 e. The Morgan fingerprint density at radius 3 is 2.57 bits per heavy atom. The number of ether oxygens (including phenoxy) is 1. The standard InChI is InChI=1S/C15H25N3O2S/c1-14(2,20-13(16)19)8-11-17-10(9-18(4)5)12(21-11)15(3)6-7-15/h6-9H2,1-5H3,(H2,16,19). The van der Waals surface area contributed by atoms with Crippen LogP contribution in [0.15, 0.2) is 0 Å². The Hall–Kier alpha value is -1.14. The van der Waals surface area contributed by atoms with Gasteiger partial charge in [-0.15, -0.1) is 11.3 Å². The number of nitrogens with two attached hydrogens (primary N) is 1. The van der Waals surface area contributed by atoms with Crippen LogP contribution in [0.5, 0.6) is 0 Å². The summed E-state index contributed by atoms with van der Waals surface area (Å²) in [7, 11) is 4.11. The number of nitrogens with zero attached hydrogens (tertiary/aromatic N) is 2. The van der Waals surface area contributed by atoms with Crippen LogP contribution in [0.25, 0.3) is 0 Å². The number of carbonyl (C=O) groups excluding carboxylic acids is 1. The molecule has 0 aliphatic heterocycles. The van der Waals surface area contributed by atoms with Gasteiger partial charge in [0.05, 0.1) is 10.7 Å². The van der Waals surface area contributed by atoms with E-state index in [1.54, 1.807) is 11.3 Å². The van der Waals surface area contributed by atoms with Gasteiger partial charge >= 0.3 is 6.09 Å². The molecule has 0 aromatic carbocycles. The number of amides is 1. The lowest BCUT2D eigenvalue weighted by Crippen LogP contribution is -2.33. The molecule has 0 saturated heterocycles. The van der Waals surface area contributed by atoms with Crippen molar-refractivity contribution in [2.45, 2.75) is 57.6 Å². The van der Waals surface area contributed by atoms with Gasteiger partial charge in [-0.3, -0.25) is 0 Å². The number of hydrogen-bond donors (Lipinski definition) is 1. The van der Waals surface area contributed by atoms with Crippen molar-refractivity contribution in [3.8, 4) is 0 Å². The fraction of sp³-hybridized carbons (Fsp3) is 0.733. The lowest BCUT2D eigenvalue weighted by molar-refractivity contribution is 0.0460. The van der Waals surface area contributed by atoms with E-state index < -0.39 is 11.7 Å². The lowest BCUT2D eigenvalue weighted by atomic mass is 10.1. The molecule has 1 amide bonds. The van der Waals surface area contributed by atoms with E-state index in [-0.39, 0.29) is 0 Å². The monoisotopic (exact) mass is 311 g/mol. The molecule has 1 fully saturated rings. The van der Waals surface area contributed by atoms with E-state index >= 15 is 0 Å². The topological polar surface area (TPSA) is 68.5 Å². The molecule has 1 aromatic rings. The van der Waals surface area contributed by atoms with E-state index in [1.165, 1.54) is 17.7 Å². The molecule has 2 rings (SSSR count). The fourth-order valence-electron chi connectivity index (χ4n) is 2.44. The Morgan fingerprint density at radius 1 is 1.48 bits per heavy atom. The molecule has 0 radical (unpaired) electrons. The number of aromatic nitrogens is 1. The molecule has 1 aliphatic carbocycles. The number of carbonyl (C=O) groups is 1. The van der Waals surface area contributed by atoms with E-state index in [1.807, 2.05) is 13.8 Å². The third-order valence-corrected chi connectivity index (χ3v) is 5.11. The van der Waals surface area contributed by atoms with Crippen LogP contribution in [0.4, 0.5) is 4.79 Å². The number of hydrogen-bond acceptors (Lipinski definition) is 5. The van der Waals surface area contributed by atoms with Gasteiger partial charge in [0.1, 0.15) is 5.60 Å². The van der Waals surface area contributed by atoms with Crippen LogP contribution in [-0.4, -0.2) is 35.7 Å². The van der Waals surface area contributed by atoms with Crippen molar-refractivity contribution >= 4 is 17.4 Å². The Bertz CT molecular complexity index is 533. The number of primary amides is 1. The quantitative estimate of drug-likeness (QED) is 0.877. The first-order chi connectivity index (χ1) is 9.61. The minimum atomic E-state index is -0.737. The van der Waals surface area contributed by atoms with Crippen LogP contribution in [0.1, 0.15) is 49.2 Å². The second-order valence-corrected chi connectivity index (χ2v) is 8.12. The van der Waals surface area contributed by atoms with Gasteiger partial charge in [0.25, 0.3) is 0 Å². The van der Waals surface area contributed by atoms with Crippen molar-refractivity contribution in [3.05, 3.63) is 15.6 Å². The van der Waals surface area contributed by atoms with Crippen LogP contribution in [0.3, 0.4) is 0 Å². The average molecular weight is 311 g/mol. The summed E-state index contributed by atoms with van der Waals surface area (Å²) in [6.45, 7) is 6.87. The van der Waals surface area contributed by atoms with E-state index in [4.69, 9.17) is 15.5 Å². The normalized spacial score (nSPS) is 17.0. The van der Waals surface area contributed by atoms with Crippen LogP contribution < -0.4 is 5.73 Å². The largest absolute Gasteiger partial charge is 0.443 e. The first-order valence-electron chi connectivity index (χ1n) is 7.23. The Labute approximate surface area is 130 Å². The highest BCUT2D eigenvalue weighted by molar-refractivity contribution is 7.12.